The minimum Gasteiger partial charge on any atom is -0.394 e. The number of benzene rings is 1. The number of fused-ring (bicyclic) bond motifs is 1. The number of hydrogen-bond donors (Lipinski definition) is 3. The first-order valence-corrected chi connectivity index (χ1v) is 6.52. The molecule has 0 bridgehead atoms. The number of morpholine rings is 1. The number of para-hydroxylation sites is 1. The zero-order valence-electron chi connectivity index (χ0n) is 11.0. The van der Waals surface area contributed by atoms with E-state index in [0.29, 0.717) is 25.7 Å². The third-order valence-corrected chi connectivity index (χ3v) is 3.42. The molecule has 2 heterocycles. The third kappa shape index (κ3) is 2.26. The zero-order valence-corrected chi connectivity index (χ0v) is 11.0. The van der Waals surface area contributed by atoms with Gasteiger partial charge < -0.3 is 14.7 Å². The van der Waals surface area contributed by atoms with E-state index in [1.165, 1.54) is 0 Å². The summed E-state index contributed by atoms with van der Waals surface area (Å²) >= 11 is 0. The number of aliphatic hydroxyl groups excluding tert-OH is 1. The summed E-state index contributed by atoms with van der Waals surface area (Å²) in [5.74, 6) is 6.57. The second kappa shape index (κ2) is 5.58. The van der Waals surface area contributed by atoms with Gasteiger partial charge in [-0.25, -0.2) is 10.8 Å². The van der Waals surface area contributed by atoms with Crippen LogP contribution in [0.1, 0.15) is 0 Å². The van der Waals surface area contributed by atoms with E-state index < -0.39 is 0 Å². The van der Waals surface area contributed by atoms with E-state index in [1.807, 2.05) is 29.2 Å². The van der Waals surface area contributed by atoms with Gasteiger partial charge in [0, 0.05) is 11.9 Å². The lowest BCUT2D eigenvalue weighted by Gasteiger charge is -2.36. The van der Waals surface area contributed by atoms with Crippen molar-refractivity contribution in [1.29, 1.82) is 0 Å². The Morgan fingerprint density at radius 3 is 3.05 bits per heavy atom. The molecule has 1 aliphatic heterocycles. The maximum atomic E-state index is 9.52. The second-order valence-corrected chi connectivity index (χ2v) is 4.64. The van der Waals surface area contributed by atoms with Gasteiger partial charge in [-0.15, -0.1) is 0 Å². The second-order valence-electron chi connectivity index (χ2n) is 4.64. The number of aromatic nitrogens is 2. The molecule has 0 radical (unpaired) electrons. The van der Waals surface area contributed by atoms with Crippen LogP contribution in [0.3, 0.4) is 0 Å². The van der Waals surface area contributed by atoms with Crippen LogP contribution in [0.5, 0.6) is 0 Å². The number of ether oxygens (including phenoxy) is 1. The van der Waals surface area contributed by atoms with Gasteiger partial charge in [-0.2, -0.15) is 4.98 Å². The minimum absolute atomic E-state index is 0.0176. The van der Waals surface area contributed by atoms with Crippen molar-refractivity contribution in [1.82, 2.24) is 9.97 Å². The Morgan fingerprint density at radius 1 is 1.40 bits per heavy atom. The number of aliphatic hydroxyl groups is 1. The molecular weight excluding hydrogens is 258 g/mol. The van der Waals surface area contributed by atoms with Crippen molar-refractivity contribution >= 4 is 22.7 Å². The van der Waals surface area contributed by atoms with Gasteiger partial charge in [0.1, 0.15) is 5.82 Å². The summed E-state index contributed by atoms with van der Waals surface area (Å²) in [6.45, 7) is 1.79. The van der Waals surface area contributed by atoms with Crippen molar-refractivity contribution in [2.45, 2.75) is 6.04 Å². The van der Waals surface area contributed by atoms with E-state index in [9.17, 15) is 5.11 Å². The first kappa shape index (κ1) is 13.0. The highest BCUT2D eigenvalue weighted by atomic mass is 16.5. The fraction of sp³-hybridized carbons (Fsp3) is 0.385. The Hall–Kier alpha value is -1.96. The smallest absolute Gasteiger partial charge is 0.239 e. The zero-order chi connectivity index (χ0) is 13.9. The molecule has 1 atom stereocenters. The number of nitrogens with one attached hydrogen (secondary N) is 1. The normalized spacial score (nSPS) is 19.3. The third-order valence-electron chi connectivity index (χ3n) is 3.42. The van der Waals surface area contributed by atoms with Crippen LogP contribution < -0.4 is 16.2 Å². The van der Waals surface area contributed by atoms with Crippen LogP contribution in [-0.2, 0) is 4.74 Å². The molecule has 0 amide bonds. The number of hydrazine groups is 1. The highest BCUT2D eigenvalue weighted by Crippen LogP contribution is 2.27. The summed E-state index contributed by atoms with van der Waals surface area (Å²) in [6.07, 6.45) is 0. The number of nitrogen functional groups attached to an aromatic ring is 1. The Labute approximate surface area is 116 Å². The molecule has 1 saturated heterocycles. The van der Waals surface area contributed by atoms with E-state index in [1.54, 1.807) is 0 Å². The summed E-state index contributed by atoms with van der Waals surface area (Å²) in [5, 5.41) is 10.5. The summed E-state index contributed by atoms with van der Waals surface area (Å²) in [4.78, 5) is 10.8. The van der Waals surface area contributed by atoms with Crippen LogP contribution in [0.25, 0.3) is 10.9 Å². The molecule has 1 aliphatic rings. The predicted octanol–water partition coefficient (Wildman–Crippen LogP) is 0.113. The monoisotopic (exact) mass is 275 g/mol. The number of hydrogen-bond acceptors (Lipinski definition) is 7. The molecule has 3 rings (SSSR count). The average molecular weight is 275 g/mol. The molecule has 7 nitrogen and oxygen atoms in total. The summed E-state index contributed by atoms with van der Waals surface area (Å²) in [7, 11) is 0. The lowest BCUT2D eigenvalue weighted by molar-refractivity contribution is 0.0724. The SMILES string of the molecule is NNc1nc(N2CCOCC2CO)c2ccccc2n1. The van der Waals surface area contributed by atoms with Crippen molar-refractivity contribution in [3.63, 3.8) is 0 Å². The van der Waals surface area contributed by atoms with E-state index in [0.717, 1.165) is 16.7 Å². The molecule has 4 N–H and O–H groups in total. The van der Waals surface area contributed by atoms with Crippen LogP contribution in [0, 0.1) is 0 Å². The van der Waals surface area contributed by atoms with Crippen molar-refractivity contribution in [2.24, 2.45) is 5.84 Å². The quantitative estimate of drug-likeness (QED) is 0.540. The minimum atomic E-state index is -0.104. The molecular formula is C13H17N5O2. The lowest BCUT2D eigenvalue weighted by atomic mass is 10.2. The number of rotatable bonds is 3. The molecule has 1 fully saturated rings. The molecule has 1 unspecified atom stereocenters. The van der Waals surface area contributed by atoms with Crippen LogP contribution in [-0.4, -0.2) is 47.5 Å². The molecule has 1 aromatic carbocycles. The van der Waals surface area contributed by atoms with Crippen molar-refractivity contribution in [3.8, 4) is 0 Å². The van der Waals surface area contributed by atoms with Crippen molar-refractivity contribution in [2.75, 3.05) is 36.7 Å². The van der Waals surface area contributed by atoms with Gasteiger partial charge in [0.05, 0.1) is 31.4 Å². The molecule has 0 saturated carbocycles. The van der Waals surface area contributed by atoms with Gasteiger partial charge in [-0.1, -0.05) is 12.1 Å². The standard InChI is InChI=1S/C13H17N5O2/c14-17-13-15-11-4-2-1-3-10(11)12(16-13)18-5-6-20-8-9(18)7-19/h1-4,9,19H,5-8,14H2,(H,15,16,17). The average Bonchev–Trinajstić information content (AvgIpc) is 2.53. The maximum absolute atomic E-state index is 9.52. The predicted molar refractivity (Wildman–Crippen MR) is 76.4 cm³/mol. The summed E-state index contributed by atoms with van der Waals surface area (Å²) in [5.41, 5.74) is 3.30. The molecule has 20 heavy (non-hydrogen) atoms. The van der Waals surface area contributed by atoms with Gasteiger partial charge in [0.2, 0.25) is 5.95 Å². The molecule has 0 spiro atoms. The van der Waals surface area contributed by atoms with Crippen LogP contribution in [0.2, 0.25) is 0 Å². The molecule has 1 aromatic heterocycles. The van der Waals surface area contributed by atoms with Crippen LogP contribution >= 0.6 is 0 Å². The number of nitrogens with zero attached hydrogens (tertiary/aromatic N) is 3. The highest BCUT2D eigenvalue weighted by molar-refractivity contribution is 5.90. The molecule has 2 aromatic rings. The van der Waals surface area contributed by atoms with Gasteiger partial charge in [-0.3, -0.25) is 5.43 Å². The highest BCUT2D eigenvalue weighted by Gasteiger charge is 2.25. The lowest BCUT2D eigenvalue weighted by Crippen LogP contribution is -2.48. The number of anilines is 2. The van der Waals surface area contributed by atoms with Crippen molar-refractivity contribution in [3.05, 3.63) is 24.3 Å². The van der Waals surface area contributed by atoms with E-state index in [2.05, 4.69) is 15.4 Å². The molecule has 7 heteroatoms. The van der Waals surface area contributed by atoms with E-state index >= 15 is 0 Å². The van der Waals surface area contributed by atoms with Gasteiger partial charge in [-0.05, 0) is 12.1 Å². The first-order chi connectivity index (χ1) is 9.83. The van der Waals surface area contributed by atoms with Crippen LogP contribution in [0.15, 0.2) is 24.3 Å². The first-order valence-electron chi connectivity index (χ1n) is 6.52. The number of nitrogens with two attached hydrogens (primary N) is 1. The Bertz CT molecular complexity index is 606. The topological polar surface area (TPSA) is 96.5 Å². The summed E-state index contributed by atoms with van der Waals surface area (Å²) < 4.78 is 5.41. The van der Waals surface area contributed by atoms with Gasteiger partial charge >= 0.3 is 0 Å². The van der Waals surface area contributed by atoms with Crippen LogP contribution in [0.4, 0.5) is 11.8 Å². The van der Waals surface area contributed by atoms with Gasteiger partial charge in [0.25, 0.3) is 0 Å². The Balaban J connectivity index is 2.13. The summed E-state index contributed by atoms with van der Waals surface area (Å²) in [6, 6.07) is 7.64. The molecule has 106 valence electrons. The van der Waals surface area contributed by atoms with Crippen molar-refractivity contribution < 1.29 is 9.84 Å². The molecule has 0 aliphatic carbocycles. The van der Waals surface area contributed by atoms with Gasteiger partial charge in [0.15, 0.2) is 0 Å². The van der Waals surface area contributed by atoms with E-state index in [-0.39, 0.29) is 12.6 Å². The Kier molecular flexibility index (Phi) is 3.64. The van der Waals surface area contributed by atoms with E-state index in [4.69, 9.17) is 10.6 Å². The maximum Gasteiger partial charge on any atom is 0.239 e. The largest absolute Gasteiger partial charge is 0.394 e. The fourth-order valence-electron chi connectivity index (χ4n) is 2.43. The fourth-order valence-corrected chi connectivity index (χ4v) is 2.43. The Morgan fingerprint density at radius 2 is 2.25 bits per heavy atom.